The predicted molar refractivity (Wildman–Crippen MR) is 98.4 cm³/mol. The van der Waals surface area contributed by atoms with Crippen LogP contribution in [0.25, 0.3) is 0 Å². The van der Waals surface area contributed by atoms with Gasteiger partial charge in [-0.05, 0) is 51.6 Å². The summed E-state index contributed by atoms with van der Waals surface area (Å²) in [6.07, 6.45) is 3.41. The molecule has 5 nitrogen and oxygen atoms in total. The summed E-state index contributed by atoms with van der Waals surface area (Å²) in [5.41, 5.74) is 1.24. The SMILES string of the molecule is Cc1nc(COC[C@@H]2CCN(C)C3(C2)CN(C(=O)[C@@H]2C[C@@H]2C)C3)cs1. The summed E-state index contributed by atoms with van der Waals surface area (Å²) in [6, 6.07) is 0. The highest BCUT2D eigenvalue weighted by atomic mass is 32.1. The van der Waals surface area contributed by atoms with E-state index in [1.807, 2.05) is 6.92 Å². The summed E-state index contributed by atoms with van der Waals surface area (Å²) in [7, 11) is 2.22. The van der Waals surface area contributed by atoms with Gasteiger partial charge < -0.3 is 9.64 Å². The molecule has 3 fully saturated rings. The van der Waals surface area contributed by atoms with Crippen LogP contribution in [0.2, 0.25) is 0 Å². The summed E-state index contributed by atoms with van der Waals surface area (Å²) in [5, 5.41) is 3.18. The molecule has 138 valence electrons. The first-order chi connectivity index (χ1) is 12.0. The lowest BCUT2D eigenvalue weighted by Gasteiger charge is -2.58. The van der Waals surface area contributed by atoms with Crippen molar-refractivity contribution in [3.8, 4) is 0 Å². The number of hydrogen-bond acceptors (Lipinski definition) is 5. The number of aryl methyl sites for hydroxylation is 1. The van der Waals surface area contributed by atoms with Crippen molar-refractivity contribution in [2.24, 2.45) is 17.8 Å². The second-order valence-electron chi connectivity index (χ2n) is 8.39. The summed E-state index contributed by atoms with van der Waals surface area (Å²) in [5.74, 6) is 1.90. The first-order valence-corrected chi connectivity index (χ1v) is 10.3. The Labute approximate surface area is 154 Å². The van der Waals surface area contributed by atoms with Crippen molar-refractivity contribution in [3.05, 3.63) is 16.1 Å². The first-order valence-electron chi connectivity index (χ1n) is 9.46. The van der Waals surface area contributed by atoms with Gasteiger partial charge in [0, 0.05) is 24.4 Å². The number of amides is 1. The summed E-state index contributed by atoms with van der Waals surface area (Å²) < 4.78 is 5.95. The van der Waals surface area contributed by atoms with Crippen LogP contribution in [-0.4, -0.2) is 59.5 Å². The van der Waals surface area contributed by atoms with E-state index >= 15 is 0 Å². The number of carbonyl (C=O) groups excluding carboxylic acids is 1. The number of nitrogens with zero attached hydrogens (tertiary/aromatic N) is 3. The molecule has 1 aromatic rings. The van der Waals surface area contributed by atoms with Crippen LogP contribution in [-0.2, 0) is 16.1 Å². The molecular weight excluding hydrogens is 334 g/mol. The summed E-state index contributed by atoms with van der Waals surface area (Å²) in [6.45, 7) is 8.56. The molecule has 25 heavy (non-hydrogen) atoms. The maximum atomic E-state index is 12.4. The van der Waals surface area contributed by atoms with Crippen LogP contribution in [0.5, 0.6) is 0 Å². The maximum Gasteiger partial charge on any atom is 0.226 e. The van der Waals surface area contributed by atoms with Gasteiger partial charge in [0.1, 0.15) is 0 Å². The molecule has 2 aliphatic heterocycles. The van der Waals surface area contributed by atoms with Crippen molar-refractivity contribution in [1.29, 1.82) is 0 Å². The summed E-state index contributed by atoms with van der Waals surface area (Å²) in [4.78, 5) is 21.4. The Morgan fingerprint density at radius 1 is 1.48 bits per heavy atom. The number of likely N-dealkylation sites (N-methyl/N-ethyl adjacent to an activating group) is 1. The van der Waals surface area contributed by atoms with Gasteiger partial charge in [-0.3, -0.25) is 9.69 Å². The second kappa shape index (κ2) is 6.63. The topological polar surface area (TPSA) is 45.7 Å². The largest absolute Gasteiger partial charge is 0.375 e. The molecule has 2 saturated heterocycles. The van der Waals surface area contributed by atoms with Crippen LogP contribution in [0.4, 0.5) is 0 Å². The molecule has 0 unspecified atom stereocenters. The molecule has 1 aliphatic carbocycles. The number of carbonyl (C=O) groups is 1. The lowest BCUT2D eigenvalue weighted by molar-refractivity contribution is -0.152. The number of piperidine rings is 1. The Balaban J connectivity index is 1.26. The van der Waals surface area contributed by atoms with Gasteiger partial charge in [0.15, 0.2) is 0 Å². The van der Waals surface area contributed by atoms with E-state index in [0.29, 0.717) is 30.3 Å². The molecule has 3 aliphatic rings. The zero-order valence-electron chi connectivity index (χ0n) is 15.5. The van der Waals surface area contributed by atoms with Crippen LogP contribution in [0, 0.1) is 24.7 Å². The van der Waals surface area contributed by atoms with E-state index in [0.717, 1.165) is 49.8 Å². The first kappa shape index (κ1) is 17.4. The summed E-state index contributed by atoms with van der Waals surface area (Å²) >= 11 is 1.68. The number of likely N-dealkylation sites (tertiary alicyclic amines) is 2. The van der Waals surface area contributed by atoms with E-state index in [-0.39, 0.29) is 5.54 Å². The Hall–Kier alpha value is -0.980. The van der Waals surface area contributed by atoms with E-state index in [1.165, 1.54) is 6.42 Å². The second-order valence-corrected chi connectivity index (χ2v) is 9.45. The third-order valence-electron chi connectivity index (χ3n) is 6.33. The smallest absolute Gasteiger partial charge is 0.226 e. The molecule has 1 amide bonds. The highest BCUT2D eigenvalue weighted by molar-refractivity contribution is 7.09. The Bertz CT molecular complexity index is 640. The van der Waals surface area contributed by atoms with Crippen LogP contribution in [0.1, 0.15) is 36.9 Å². The van der Waals surface area contributed by atoms with Gasteiger partial charge in [0.05, 0.1) is 29.5 Å². The van der Waals surface area contributed by atoms with E-state index < -0.39 is 0 Å². The fourth-order valence-electron chi connectivity index (χ4n) is 4.45. The average molecular weight is 364 g/mol. The van der Waals surface area contributed by atoms with E-state index in [2.05, 4.69) is 34.1 Å². The van der Waals surface area contributed by atoms with Crippen molar-refractivity contribution >= 4 is 17.2 Å². The van der Waals surface area contributed by atoms with Crippen molar-refractivity contribution < 1.29 is 9.53 Å². The minimum atomic E-state index is 0.192. The lowest BCUT2D eigenvalue weighted by atomic mass is 9.75. The number of ether oxygens (including phenoxy) is 1. The van der Waals surface area contributed by atoms with Gasteiger partial charge in [-0.25, -0.2) is 4.98 Å². The molecule has 3 atom stereocenters. The molecule has 1 saturated carbocycles. The third kappa shape index (κ3) is 3.49. The van der Waals surface area contributed by atoms with Crippen LogP contribution in [0.3, 0.4) is 0 Å². The zero-order chi connectivity index (χ0) is 17.6. The lowest BCUT2D eigenvalue weighted by Crippen LogP contribution is -2.72. The molecule has 1 aromatic heterocycles. The molecule has 0 aromatic carbocycles. The molecule has 4 rings (SSSR count). The molecule has 3 heterocycles. The quantitative estimate of drug-likeness (QED) is 0.807. The highest BCUT2D eigenvalue weighted by Gasteiger charge is 2.53. The molecule has 1 spiro atoms. The molecule has 0 N–H and O–H groups in total. The minimum Gasteiger partial charge on any atom is -0.375 e. The van der Waals surface area contributed by atoms with Gasteiger partial charge in [-0.15, -0.1) is 11.3 Å². The number of rotatable bonds is 5. The monoisotopic (exact) mass is 363 g/mol. The number of hydrogen-bond donors (Lipinski definition) is 0. The van der Waals surface area contributed by atoms with Crippen LogP contribution in [0.15, 0.2) is 5.38 Å². The van der Waals surface area contributed by atoms with Crippen molar-refractivity contribution in [2.75, 3.05) is 33.3 Å². The molecule has 6 heteroatoms. The van der Waals surface area contributed by atoms with E-state index in [4.69, 9.17) is 4.74 Å². The van der Waals surface area contributed by atoms with Crippen LogP contribution < -0.4 is 0 Å². The van der Waals surface area contributed by atoms with E-state index in [1.54, 1.807) is 11.3 Å². The van der Waals surface area contributed by atoms with Crippen molar-refractivity contribution in [3.63, 3.8) is 0 Å². The molecule has 0 bridgehead atoms. The number of thiazole rings is 1. The normalized spacial score (nSPS) is 31.2. The number of aromatic nitrogens is 1. The van der Waals surface area contributed by atoms with Gasteiger partial charge in [-0.2, -0.15) is 0 Å². The zero-order valence-corrected chi connectivity index (χ0v) is 16.3. The maximum absolute atomic E-state index is 12.4. The van der Waals surface area contributed by atoms with Crippen molar-refractivity contribution in [1.82, 2.24) is 14.8 Å². The minimum absolute atomic E-state index is 0.192. The Kier molecular flexibility index (Phi) is 4.63. The van der Waals surface area contributed by atoms with Gasteiger partial charge >= 0.3 is 0 Å². The third-order valence-corrected chi connectivity index (χ3v) is 7.15. The standard InChI is InChI=1S/C19H29N3O2S/c1-13-6-17(13)18(23)22-11-19(12-22)7-15(4-5-21(19)3)8-24-9-16-10-25-14(2)20-16/h10,13,15,17H,4-9,11-12H2,1-3H3/t13-,15+,17+/m0/s1. The molecule has 0 radical (unpaired) electrons. The molecular formula is C19H29N3O2S. The fourth-order valence-corrected chi connectivity index (χ4v) is 5.04. The van der Waals surface area contributed by atoms with Gasteiger partial charge in [0.2, 0.25) is 5.91 Å². The highest BCUT2D eigenvalue weighted by Crippen LogP contribution is 2.44. The predicted octanol–water partition coefficient (Wildman–Crippen LogP) is 2.55. The fraction of sp³-hybridized carbons (Fsp3) is 0.789. The van der Waals surface area contributed by atoms with E-state index in [9.17, 15) is 4.79 Å². The van der Waals surface area contributed by atoms with Crippen LogP contribution >= 0.6 is 11.3 Å². The average Bonchev–Trinajstić information content (AvgIpc) is 3.14. The Morgan fingerprint density at radius 3 is 2.88 bits per heavy atom. The van der Waals surface area contributed by atoms with Crippen molar-refractivity contribution in [2.45, 2.75) is 45.3 Å². The Morgan fingerprint density at radius 2 is 2.24 bits per heavy atom. The van der Waals surface area contributed by atoms with Gasteiger partial charge in [0.25, 0.3) is 0 Å². The van der Waals surface area contributed by atoms with Gasteiger partial charge in [-0.1, -0.05) is 6.92 Å².